The fourth-order valence-corrected chi connectivity index (χ4v) is 2.11. The molecule has 0 saturated heterocycles. The first-order valence-corrected chi connectivity index (χ1v) is 5.97. The Hall–Kier alpha value is -1.06. The van der Waals surface area contributed by atoms with E-state index in [1.165, 1.54) is 6.42 Å². The van der Waals surface area contributed by atoms with Gasteiger partial charge in [0.2, 0.25) is 5.91 Å². The lowest BCUT2D eigenvalue weighted by molar-refractivity contribution is -0.141. The van der Waals surface area contributed by atoms with Crippen LogP contribution in [-0.2, 0) is 9.59 Å². The van der Waals surface area contributed by atoms with Crippen molar-refractivity contribution in [2.45, 2.75) is 46.0 Å². The summed E-state index contributed by atoms with van der Waals surface area (Å²) in [5.74, 6) is -1.37. The molecule has 1 aliphatic rings. The van der Waals surface area contributed by atoms with Crippen molar-refractivity contribution in [2.24, 2.45) is 11.3 Å². The van der Waals surface area contributed by atoms with Gasteiger partial charge in [0.25, 0.3) is 0 Å². The van der Waals surface area contributed by atoms with E-state index in [1.807, 2.05) is 6.92 Å². The van der Waals surface area contributed by atoms with Crippen molar-refractivity contribution >= 4 is 11.9 Å². The van der Waals surface area contributed by atoms with Crippen LogP contribution in [0.3, 0.4) is 0 Å². The van der Waals surface area contributed by atoms with Gasteiger partial charge in [-0.25, -0.2) is 0 Å². The maximum Gasteiger partial charge on any atom is 0.308 e. The highest BCUT2D eigenvalue weighted by Crippen LogP contribution is 2.35. The first-order valence-electron chi connectivity index (χ1n) is 5.97. The van der Waals surface area contributed by atoms with Crippen LogP contribution in [-0.4, -0.2) is 23.5 Å². The van der Waals surface area contributed by atoms with E-state index in [1.54, 1.807) is 6.92 Å². The highest BCUT2D eigenvalue weighted by Gasteiger charge is 2.34. The molecule has 0 aliphatic heterocycles. The average molecular weight is 227 g/mol. The van der Waals surface area contributed by atoms with E-state index in [9.17, 15) is 9.59 Å². The maximum absolute atomic E-state index is 11.9. The lowest BCUT2D eigenvalue weighted by Crippen LogP contribution is -2.42. The number of carbonyl (C=O) groups excluding carboxylic acids is 1. The van der Waals surface area contributed by atoms with E-state index in [4.69, 9.17) is 5.11 Å². The standard InChI is InChI=1S/C12H21NO3/c1-9(10(14)15)8-13-11(16)12(2)6-4-3-5-7-12/h9H,3-8H2,1-2H3,(H,13,16)(H,14,15). The second-order valence-electron chi connectivity index (χ2n) is 5.07. The third kappa shape index (κ3) is 3.22. The molecule has 0 aromatic heterocycles. The molecular weight excluding hydrogens is 206 g/mol. The van der Waals surface area contributed by atoms with Crippen LogP contribution in [0.2, 0.25) is 0 Å². The molecule has 1 atom stereocenters. The van der Waals surface area contributed by atoms with Crippen LogP contribution in [0.1, 0.15) is 46.0 Å². The van der Waals surface area contributed by atoms with Crippen LogP contribution in [0.4, 0.5) is 0 Å². The van der Waals surface area contributed by atoms with Crippen molar-refractivity contribution in [2.75, 3.05) is 6.54 Å². The van der Waals surface area contributed by atoms with E-state index in [0.717, 1.165) is 25.7 Å². The second kappa shape index (κ2) is 5.32. The van der Waals surface area contributed by atoms with Gasteiger partial charge in [-0.3, -0.25) is 9.59 Å². The van der Waals surface area contributed by atoms with Gasteiger partial charge in [0.1, 0.15) is 0 Å². The fourth-order valence-electron chi connectivity index (χ4n) is 2.11. The van der Waals surface area contributed by atoms with Crippen LogP contribution >= 0.6 is 0 Å². The normalized spacial score (nSPS) is 21.1. The zero-order valence-corrected chi connectivity index (χ0v) is 10.1. The number of hydrogen-bond donors (Lipinski definition) is 2. The third-order valence-electron chi connectivity index (χ3n) is 3.50. The van der Waals surface area contributed by atoms with Crippen molar-refractivity contribution in [1.29, 1.82) is 0 Å². The summed E-state index contributed by atoms with van der Waals surface area (Å²) in [5, 5.41) is 11.5. The Balaban J connectivity index is 2.42. The quantitative estimate of drug-likeness (QED) is 0.769. The number of carboxylic acid groups (broad SMARTS) is 1. The van der Waals surface area contributed by atoms with Crippen molar-refractivity contribution in [1.82, 2.24) is 5.32 Å². The Bertz CT molecular complexity index is 269. The number of amides is 1. The van der Waals surface area contributed by atoms with Crippen LogP contribution in [0.5, 0.6) is 0 Å². The van der Waals surface area contributed by atoms with Gasteiger partial charge in [-0.15, -0.1) is 0 Å². The third-order valence-corrected chi connectivity index (χ3v) is 3.50. The topological polar surface area (TPSA) is 66.4 Å². The minimum atomic E-state index is -0.867. The van der Waals surface area contributed by atoms with Gasteiger partial charge < -0.3 is 10.4 Å². The molecule has 0 bridgehead atoms. The first kappa shape index (κ1) is 13.0. The molecule has 1 fully saturated rings. The zero-order valence-electron chi connectivity index (χ0n) is 10.1. The molecule has 0 aromatic rings. The summed E-state index contributed by atoms with van der Waals surface area (Å²) in [4.78, 5) is 22.6. The van der Waals surface area contributed by atoms with Crippen LogP contribution in [0.15, 0.2) is 0 Å². The van der Waals surface area contributed by atoms with Crippen LogP contribution in [0, 0.1) is 11.3 Å². The smallest absolute Gasteiger partial charge is 0.308 e. The van der Waals surface area contributed by atoms with Gasteiger partial charge in [0, 0.05) is 12.0 Å². The summed E-state index contributed by atoms with van der Waals surface area (Å²) >= 11 is 0. The van der Waals surface area contributed by atoms with Gasteiger partial charge >= 0.3 is 5.97 Å². The molecule has 1 unspecified atom stereocenters. The molecule has 1 saturated carbocycles. The molecular formula is C12H21NO3. The largest absolute Gasteiger partial charge is 0.481 e. The monoisotopic (exact) mass is 227 g/mol. The molecule has 0 radical (unpaired) electrons. The second-order valence-corrected chi connectivity index (χ2v) is 5.07. The number of carbonyl (C=O) groups is 2. The number of aliphatic carboxylic acids is 1. The average Bonchev–Trinajstić information content (AvgIpc) is 2.26. The minimum absolute atomic E-state index is 0.0142. The van der Waals surface area contributed by atoms with E-state index in [2.05, 4.69) is 5.32 Å². The van der Waals surface area contributed by atoms with Crippen molar-refractivity contribution in [3.05, 3.63) is 0 Å². The molecule has 2 N–H and O–H groups in total. The van der Waals surface area contributed by atoms with Gasteiger partial charge in [0.05, 0.1) is 5.92 Å². The van der Waals surface area contributed by atoms with Crippen molar-refractivity contribution < 1.29 is 14.7 Å². The van der Waals surface area contributed by atoms with E-state index < -0.39 is 11.9 Å². The highest BCUT2D eigenvalue weighted by molar-refractivity contribution is 5.82. The van der Waals surface area contributed by atoms with Gasteiger partial charge in [-0.1, -0.05) is 33.1 Å². The maximum atomic E-state index is 11.9. The Morgan fingerprint density at radius 3 is 2.38 bits per heavy atom. The predicted octanol–water partition coefficient (Wildman–Crippen LogP) is 1.79. The SMILES string of the molecule is CC(CNC(=O)C1(C)CCCCC1)C(=O)O. The van der Waals surface area contributed by atoms with Crippen molar-refractivity contribution in [3.63, 3.8) is 0 Å². The minimum Gasteiger partial charge on any atom is -0.481 e. The number of rotatable bonds is 4. The summed E-state index contributed by atoms with van der Waals surface area (Å²) in [6, 6.07) is 0. The Morgan fingerprint density at radius 1 is 1.31 bits per heavy atom. The Kier molecular flexibility index (Phi) is 4.33. The summed E-state index contributed by atoms with van der Waals surface area (Å²) in [6.45, 7) is 3.81. The summed E-state index contributed by atoms with van der Waals surface area (Å²) in [5.41, 5.74) is -0.281. The summed E-state index contributed by atoms with van der Waals surface area (Å²) < 4.78 is 0. The lowest BCUT2D eigenvalue weighted by atomic mass is 9.75. The van der Waals surface area contributed by atoms with E-state index in [0.29, 0.717) is 0 Å². The van der Waals surface area contributed by atoms with Crippen LogP contribution in [0.25, 0.3) is 0 Å². The van der Waals surface area contributed by atoms with Gasteiger partial charge in [-0.05, 0) is 12.8 Å². The molecule has 1 rings (SSSR count). The Morgan fingerprint density at radius 2 is 1.88 bits per heavy atom. The summed E-state index contributed by atoms with van der Waals surface area (Å²) in [6.07, 6.45) is 5.23. The number of hydrogen-bond acceptors (Lipinski definition) is 2. The fraction of sp³-hybridized carbons (Fsp3) is 0.833. The van der Waals surface area contributed by atoms with Crippen molar-refractivity contribution in [3.8, 4) is 0 Å². The van der Waals surface area contributed by atoms with Gasteiger partial charge in [-0.2, -0.15) is 0 Å². The zero-order chi connectivity index (χ0) is 12.2. The molecule has 4 heteroatoms. The Labute approximate surface area is 96.4 Å². The molecule has 0 aromatic carbocycles. The highest BCUT2D eigenvalue weighted by atomic mass is 16.4. The lowest BCUT2D eigenvalue weighted by Gasteiger charge is -2.32. The molecule has 0 spiro atoms. The van der Waals surface area contributed by atoms with Gasteiger partial charge in [0.15, 0.2) is 0 Å². The number of nitrogens with one attached hydrogen (secondary N) is 1. The molecule has 92 valence electrons. The molecule has 1 aliphatic carbocycles. The summed E-state index contributed by atoms with van der Waals surface area (Å²) in [7, 11) is 0. The molecule has 16 heavy (non-hydrogen) atoms. The molecule has 0 heterocycles. The van der Waals surface area contributed by atoms with E-state index in [-0.39, 0.29) is 17.9 Å². The first-order chi connectivity index (χ1) is 7.46. The predicted molar refractivity (Wildman–Crippen MR) is 61.0 cm³/mol. The molecule has 4 nitrogen and oxygen atoms in total. The number of carboxylic acids is 1. The van der Waals surface area contributed by atoms with E-state index >= 15 is 0 Å². The van der Waals surface area contributed by atoms with Crippen LogP contribution < -0.4 is 5.32 Å². The molecule has 1 amide bonds.